The van der Waals surface area contributed by atoms with Crippen LogP contribution in [0.1, 0.15) is 6.42 Å². The summed E-state index contributed by atoms with van der Waals surface area (Å²) in [7, 11) is 2.12. The predicted octanol–water partition coefficient (Wildman–Crippen LogP) is -0.992. The van der Waals surface area contributed by atoms with Gasteiger partial charge >= 0.3 is 0 Å². The molecule has 0 aliphatic carbocycles. The molecule has 0 aromatic carbocycles. The summed E-state index contributed by atoms with van der Waals surface area (Å²) in [6, 6.07) is 0. The van der Waals surface area contributed by atoms with Crippen LogP contribution in [0.4, 0.5) is 0 Å². The molecule has 6 heteroatoms. The minimum atomic E-state index is -2.10. The van der Waals surface area contributed by atoms with Gasteiger partial charge in [0, 0.05) is 44.0 Å². The summed E-state index contributed by atoms with van der Waals surface area (Å²) in [5.41, 5.74) is 0. The molecule has 1 N–H and O–H groups in total. The summed E-state index contributed by atoms with van der Waals surface area (Å²) >= 11 is -2.10. The third kappa shape index (κ3) is 5.02. The monoisotopic (exact) mass is 220 g/mol. The van der Waals surface area contributed by atoms with Gasteiger partial charge in [-0.1, -0.05) is 0 Å². The summed E-state index contributed by atoms with van der Waals surface area (Å²) in [6.07, 6.45) is 0.887. The molecular formula is C8H18N3O2S-. The maximum atomic E-state index is 10.2. The summed E-state index contributed by atoms with van der Waals surface area (Å²) < 4.78 is 22.7. The molecule has 0 amide bonds. The van der Waals surface area contributed by atoms with Crippen molar-refractivity contribution >= 4 is 11.3 Å². The fraction of sp³-hybridized carbons (Fsp3) is 1.00. The van der Waals surface area contributed by atoms with Crippen LogP contribution in [0.2, 0.25) is 0 Å². The molecule has 1 aliphatic heterocycles. The van der Waals surface area contributed by atoms with Crippen LogP contribution in [-0.4, -0.2) is 64.9 Å². The van der Waals surface area contributed by atoms with E-state index in [-0.39, 0.29) is 0 Å². The van der Waals surface area contributed by atoms with Crippen molar-refractivity contribution in [3.63, 3.8) is 0 Å². The third-order valence-corrected chi connectivity index (χ3v) is 2.91. The Morgan fingerprint density at radius 3 is 2.57 bits per heavy atom. The minimum absolute atomic E-state index is 0.544. The van der Waals surface area contributed by atoms with E-state index in [0.717, 1.165) is 39.1 Å². The van der Waals surface area contributed by atoms with E-state index in [9.17, 15) is 8.76 Å². The Morgan fingerprint density at radius 1 is 1.36 bits per heavy atom. The van der Waals surface area contributed by atoms with Gasteiger partial charge in [-0.15, -0.1) is 0 Å². The highest BCUT2D eigenvalue weighted by molar-refractivity contribution is 7.77. The van der Waals surface area contributed by atoms with Crippen molar-refractivity contribution in [2.45, 2.75) is 6.42 Å². The number of nitrogens with zero attached hydrogens (tertiary/aromatic N) is 2. The Kier molecular flexibility index (Phi) is 5.57. The molecule has 14 heavy (non-hydrogen) atoms. The average Bonchev–Trinajstić information content (AvgIpc) is 2.15. The van der Waals surface area contributed by atoms with Gasteiger partial charge in [0.05, 0.1) is 0 Å². The number of hydrogen-bond donors (Lipinski definition) is 1. The second-order valence-electron chi connectivity index (χ2n) is 3.63. The highest BCUT2D eigenvalue weighted by Crippen LogP contribution is 1.99. The van der Waals surface area contributed by atoms with Crippen LogP contribution in [0.3, 0.4) is 0 Å². The molecule has 0 aromatic heterocycles. The topological polar surface area (TPSA) is 58.6 Å². The fourth-order valence-electron chi connectivity index (χ4n) is 1.53. The lowest BCUT2D eigenvalue weighted by atomic mass is 10.3. The Bertz CT molecular complexity index is 183. The number of hydrogen-bond acceptors (Lipinski definition) is 4. The van der Waals surface area contributed by atoms with Crippen LogP contribution < -0.4 is 4.72 Å². The van der Waals surface area contributed by atoms with Crippen LogP contribution in [0.5, 0.6) is 0 Å². The molecule has 0 bridgehead atoms. The Labute approximate surface area is 87.9 Å². The van der Waals surface area contributed by atoms with E-state index < -0.39 is 11.3 Å². The number of likely N-dealkylation sites (N-methyl/N-ethyl adjacent to an activating group) is 1. The SMILES string of the molecule is CN1CCN(CCCNS(=O)[O-])CC1. The molecule has 1 fully saturated rings. The van der Waals surface area contributed by atoms with E-state index in [1.807, 2.05) is 0 Å². The first-order valence-corrected chi connectivity index (χ1v) is 5.99. The highest BCUT2D eigenvalue weighted by Gasteiger charge is 2.12. The van der Waals surface area contributed by atoms with Crippen molar-refractivity contribution in [1.29, 1.82) is 0 Å². The van der Waals surface area contributed by atoms with Crippen LogP contribution in [-0.2, 0) is 11.3 Å². The summed E-state index contributed by atoms with van der Waals surface area (Å²) in [5.74, 6) is 0. The first-order valence-electron chi connectivity index (χ1n) is 4.92. The minimum Gasteiger partial charge on any atom is -0.760 e. The molecule has 1 aliphatic rings. The van der Waals surface area contributed by atoms with Crippen molar-refractivity contribution in [3.05, 3.63) is 0 Å². The lowest BCUT2D eigenvalue weighted by molar-refractivity contribution is 0.153. The highest BCUT2D eigenvalue weighted by atomic mass is 32.2. The number of piperazine rings is 1. The molecule has 0 spiro atoms. The molecule has 1 heterocycles. The molecule has 1 rings (SSSR count). The van der Waals surface area contributed by atoms with Gasteiger partial charge in [0.1, 0.15) is 0 Å². The van der Waals surface area contributed by atoms with Crippen LogP contribution >= 0.6 is 0 Å². The first-order chi connectivity index (χ1) is 6.68. The Hall–Kier alpha value is -0.0100. The van der Waals surface area contributed by atoms with E-state index >= 15 is 0 Å². The standard InChI is InChI=1S/C8H19N3O2S/c1-10-5-7-11(8-6-10)4-2-3-9-14(12)13/h9H,2-8H2,1H3,(H,12,13)/p-1. The van der Waals surface area contributed by atoms with Crippen molar-refractivity contribution in [2.75, 3.05) is 46.3 Å². The molecule has 1 unspecified atom stereocenters. The van der Waals surface area contributed by atoms with Crippen molar-refractivity contribution in [3.8, 4) is 0 Å². The van der Waals surface area contributed by atoms with Gasteiger partial charge in [-0.2, -0.15) is 0 Å². The van der Waals surface area contributed by atoms with E-state index in [0.29, 0.717) is 6.54 Å². The Morgan fingerprint density at radius 2 is 2.00 bits per heavy atom. The van der Waals surface area contributed by atoms with E-state index in [1.54, 1.807) is 0 Å². The van der Waals surface area contributed by atoms with Gasteiger partial charge in [0.25, 0.3) is 0 Å². The van der Waals surface area contributed by atoms with Gasteiger partial charge in [-0.05, 0) is 20.0 Å². The Balaban J connectivity index is 1.99. The zero-order chi connectivity index (χ0) is 10.4. The number of nitrogens with one attached hydrogen (secondary N) is 1. The van der Waals surface area contributed by atoms with Gasteiger partial charge in [0.2, 0.25) is 0 Å². The van der Waals surface area contributed by atoms with Gasteiger partial charge < -0.3 is 14.4 Å². The molecule has 0 radical (unpaired) electrons. The van der Waals surface area contributed by atoms with Crippen molar-refractivity contribution < 1.29 is 8.76 Å². The largest absolute Gasteiger partial charge is 0.760 e. The fourth-order valence-corrected chi connectivity index (χ4v) is 1.84. The van der Waals surface area contributed by atoms with Crippen LogP contribution in [0.25, 0.3) is 0 Å². The smallest absolute Gasteiger partial charge is 0.0181 e. The molecule has 0 saturated carbocycles. The summed E-state index contributed by atoms with van der Waals surface area (Å²) in [4.78, 5) is 4.68. The predicted molar refractivity (Wildman–Crippen MR) is 55.5 cm³/mol. The second kappa shape index (κ2) is 6.47. The molecule has 1 atom stereocenters. The quantitative estimate of drug-likeness (QED) is 0.477. The third-order valence-electron chi connectivity index (χ3n) is 2.47. The molecular weight excluding hydrogens is 202 g/mol. The van der Waals surface area contributed by atoms with Crippen LogP contribution in [0.15, 0.2) is 0 Å². The van der Waals surface area contributed by atoms with E-state index in [1.165, 1.54) is 0 Å². The molecule has 1 saturated heterocycles. The lowest BCUT2D eigenvalue weighted by Gasteiger charge is -2.32. The van der Waals surface area contributed by atoms with Crippen molar-refractivity contribution in [1.82, 2.24) is 14.5 Å². The second-order valence-corrected chi connectivity index (χ2v) is 4.39. The van der Waals surface area contributed by atoms with Gasteiger partial charge in [0.15, 0.2) is 0 Å². The van der Waals surface area contributed by atoms with Gasteiger partial charge in [-0.3, -0.25) is 4.21 Å². The van der Waals surface area contributed by atoms with E-state index in [4.69, 9.17) is 0 Å². The normalized spacial score (nSPS) is 22.4. The van der Waals surface area contributed by atoms with Gasteiger partial charge in [-0.25, -0.2) is 4.72 Å². The maximum Gasteiger partial charge on any atom is 0.0181 e. The van der Waals surface area contributed by atoms with Crippen molar-refractivity contribution in [2.24, 2.45) is 0 Å². The molecule has 84 valence electrons. The zero-order valence-corrected chi connectivity index (χ0v) is 9.39. The summed E-state index contributed by atoms with van der Waals surface area (Å²) in [6.45, 7) is 5.94. The lowest BCUT2D eigenvalue weighted by Crippen LogP contribution is -2.45. The molecule has 5 nitrogen and oxygen atoms in total. The average molecular weight is 220 g/mol. The maximum absolute atomic E-state index is 10.2. The summed E-state index contributed by atoms with van der Waals surface area (Å²) in [5, 5.41) is 0. The first kappa shape index (κ1) is 12.1. The molecule has 0 aromatic rings. The zero-order valence-electron chi connectivity index (χ0n) is 8.57. The van der Waals surface area contributed by atoms with Crippen LogP contribution in [0, 0.1) is 0 Å². The number of rotatable bonds is 5. The van der Waals surface area contributed by atoms with E-state index in [2.05, 4.69) is 21.6 Å².